The summed E-state index contributed by atoms with van der Waals surface area (Å²) < 4.78 is 0.787. The Labute approximate surface area is 97.6 Å². The fraction of sp³-hybridized carbons (Fsp3) is 0.364. The second kappa shape index (κ2) is 5.88. The van der Waals surface area contributed by atoms with Crippen molar-refractivity contribution < 1.29 is 9.90 Å². The molecule has 4 heteroatoms. The Morgan fingerprint density at radius 2 is 2.27 bits per heavy atom. The first kappa shape index (κ1) is 12.2. The third-order valence-electron chi connectivity index (χ3n) is 1.99. The highest BCUT2D eigenvalue weighted by Crippen LogP contribution is 2.17. The molecule has 0 heterocycles. The highest BCUT2D eigenvalue weighted by molar-refractivity contribution is 9.10. The molecule has 0 unspecified atom stereocenters. The molecule has 2 N–H and O–H groups in total. The smallest absolute Gasteiger partial charge is 0.252 e. The van der Waals surface area contributed by atoms with E-state index < -0.39 is 0 Å². The van der Waals surface area contributed by atoms with Gasteiger partial charge in [-0.05, 0) is 41.4 Å². The lowest BCUT2D eigenvalue weighted by Crippen LogP contribution is -2.25. The Kier molecular flexibility index (Phi) is 4.78. The van der Waals surface area contributed by atoms with E-state index in [0.717, 1.165) is 10.0 Å². The normalized spacial score (nSPS) is 10.1. The number of halogens is 1. The van der Waals surface area contributed by atoms with Crippen molar-refractivity contribution >= 4 is 21.8 Å². The number of aliphatic hydroxyl groups excluding tert-OH is 1. The Morgan fingerprint density at radius 1 is 1.53 bits per heavy atom. The van der Waals surface area contributed by atoms with Gasteiger partial charge < -0.3 is 10.4 Å². The van der Waals surface area contributed by atoms with Crippen molar-refractivity contribution in [2.45, 2.75) is 13.3 Å². The first-order valence-electron chi connectivity index (χ1n) is 4.80. The maximum atomic E-state index is 11.7. The molecule has 1 aromatic carbocycles. The van der Waals surface area contributed by atoms with Gasteiger partial charge in [-0.3, -0.25) is 4.79 Å². The molecule has 0 aliphatic heterocycles. The molecule has 0 radical (unpaired) electrons. The van der Waals surface area contributed by atoms with E-state index in [1.54, 1.807) is 0 Å². The van der Waals surface area contributed by atoms with Gasteiger partial charge in [0.2, 0.25) is 0 Å². The van der Waals surface area contributed by atoms with Crippen LogP contribution in [0.25, 0.3) is 0 Å². The molecule has 1 aromatic rings. The minimum atomic E-state index is -0.112. The number of benzene rings is 1. The third kappa shape index (κ3) is 3.64. The minimum absolute atomic E-state index is 0.0925. The third-order valence-corrected chi connectivity index (χ3v) is 2.68. The fourth-order valence-electron chi connectivity index (χ4n) is 1.19. The molecule has 0 fully saturated rings. The van der Waals surface area contributed by atoms with E-state index in [-0.39, 0.29) is 12.5 Å². The number of hydrogen-bond acceptors (Lipinski definition) is 2. The summed E-state index contributed by atoms with van der Waals surface area (Å²) in [6.45, 7) is 2.53. The van der Waals surface area contributed by atoms with E-state index >= 15 is 0 Å². The van der Waals surface area contributed by atoms with Crippen molar-refractivity contribution in [3.8, 4) is 0 Å². The quantitative estimate of drug-likeness (QED) is 0.822. The summed E-state index contributed by atoms with van der Waals surface area (Å²) in [5, 5.41) is 11.3. The van der Waals surface area contributed by atoms with Crippen molar-refractivity contribution in [3.63, 3.8) is 0 Å². The van der Waals surface area contributed by atoms with Gasteiger partial charge in [0.05, 0.1) is 5.56 Å². The fourth-order valence-corrected chi connectivity index (χ4v) is 1.62. The Balaban J connectivity index is 2.68. The predicted octanol–water partition coefficient (Wildman–Crippen LogP) is 1.87. The highest BCUT2D eigenvalue weighted by atomic mass is 79.9. The van der Waals surface area contributed by atoms with Crippen LogP contribution >= 0.6 is 15.9 Å². The highest BCUT2D eigenvalue weighted by Gasteiger charge is 2.08. The first-order valence-corrected chi connectivity index (χ1v) is 5.59. The second-order valence-corrected chi connectivity index (χ2v) is 4.17. The molecule has 0 saturated carbocycles. The average Bonchev–Trinajstić information content (AvgIpc) is 2.22. The van der Waals surface area contributed by atoms with E-state index in [2.05, 4.69) is 21.2 Å². The van der Waals surface area contributed by atoms with Crippen LogP contribution in [0.4, 0.5) is 0 Å². The average molecular weight is 272 g/mol. The van der Waals surface area contributed by atoms with Crippen LogP contribution in [0.15, 0.2) is 22.7 Å². The van der Waals surface area contributed by atoms with Gasteiger partial charge >= 0.3 is 0 Å². The molecule has 0 atom stereocenters. The number of aliphatic hydroxyl groups is 1. The summed E-state index contributed by atoms with van der Waals surface area (Å²) in [6.07, 6.45) is 0.579. The zero-order valence-corrected chi connectivity index (χ0v) is 10.2. The largest absolute Gasteiger partial charge is 0.396 e. The Hall–Kier alpha value is -0.870. The molecule has 0 aliphatic carbocycles. The summed E-state index contributed by atoms with van der Waals surface area (Å²) in [6, 6.07) is 5.63. The monoisotopic (exact) mass is 271 g/mol. The van der Waals surface area contributed by atoms with Crippen LogP contribution in [-0.4, -0.2) is 24.2 Å². The van der Waals surface area contributed by atoms with Crippen molar-refractivity contribution in [1.82, 2.24) is 5.32 Å². The van der Waals surface area contributed by atoms with Gasteiger partial charge in [0.15, 0.2) is 0 Å². The molecular weight excluding hydrogens is 258 g/mol. The van der Waals surface area contributed by atoms with Crippen LogP contribution in [0.5, 0.6) is 0 Å². The molecule has 15 heavy (non-hydrogen) atoms. The van der Waals surface area contributed by atoms with Crippen molar-refractivity contribution in [2.24, 2.45) is 0 Å². The zero-order valence-electron chi connectivity index (χ0n) is 8.59. The zero-order chi connectivity index (χ0) is 11.3. The topological polar surface area (TPSA) is 49.3 Å². The summed E-state index contributed by atoms with van der Waals surface area (Å²) in [5.74, 6) is -0.112. The van der Waals surface area contributed by atoms with Crippen LogP contribution in [-0.2, 0) is 0 Å². The number of hydrogen-bond donors (Lipinski definition) is 2. The Bertz CT molecular complexity index is 352. The lowest BCUT2D eigenvalue weighted by atomic mass is 10.1. The van der Waals surface area contributed by atoms with Gasteiger partial charge in [-0.2, -0.15) is 0 Å². The van der Waals surface area contributed by atoms with Crippen molar-refractivity contribution in [2.75, 3.05) is 13.2 Å². The number of carbonyl (C=O) groups excluding carboxylic acids is 1. The van der Waals surface area contributed by atoms with E-state index in [4.69, 9.17) is 5.11 Å². The van der Waals surface area contributed by atoms with Gasteiger partial charge in [0.1, 0.15) is 0 Å². The van der Waals surface area contributed by atoms with Crippen molar-refractivity contribution in [3.05, 3.63) is 33.8 Å². The van der Waals surface area contributed by atoms with Gasteiger partial charge in [-0.25, -0.2) is 0 Å². The molecule has 1 amide bonds. The summed E-state index contributed by atoms with van der Waals surface area (Å²) in [7, 11) is 0. The molecule has 82 valence electrons. The van der Waals surface area contributed by atoms with Gasteiger partial charge in [-0.1, -0.05) is 11.6 Å². The molecular formula is C11H14BrNO2. The summed E-state index contributed by atoms with van der Waals surface area (Å²) in [4.78, 5) is 11.7. The van der Waals surface area contributed by atoms with Crippen LogP contribution < -0.4 is 5.32 Å². The SMILES string of the molecule is Cc1ccc(Br)c(C(=O)NCCCO)c1. The maximum absolute atomic E-state index is 11.7. The van der Waals surface area contributed by atoms with Crippen LogP contribution in [0.2, 0.25) is 0 Å². The molecule has 0 bridgehead atoms. The van der Waals surface area contributed by atoms with Gasteiger partial charge in [0, 0.05) is 17.6 Å². The van der Waals surface area contributed by atoms with Crippen LogP contribution in [0, 0.1) is 6.92 Å². The van der Waals surface area contributed by atoms with Gasteiger partial charge in [-0.15, -0.1) is 0 Å². The van der Waals surface area contributed by atoms with E-state index in [0.29, 0.717) is 18.5 Å². The Morgan fingerprint density at radius 3 is 2.93 bits per heavy atom. The maximum Gasteiger partial charge on any atom is 0.252 e. The number of carbonyl (C=O) groups is 1. The predicted molar refractivity (Wildman–Crippen MR) is 62.9 cm³/mol. The second-order valence-electron chi connectivity index (χ2n) is 3.32. The molecule has 0 aromatic heterocycles. The molecule has 0 saturated heterocycles. The van der Waals surface area contributed by atoms with E-state index in [1.807, 2.05) is 25.1 Å². The molecule has 0 spiro atoms. The number of rotatable bonds is 4. The van der Waals surface area contributed by atoms with E-state index in [9.17, 15) is 4.79 Å². The lowest BCUT2D eigenvalue weighted by Gasteiger charge is -2.06. The van der Waals surface area contributed by atoms with E-state index in [1.165, 1.54) is 0 Å². The molecule has 3 nitrogen and oxygen atoms in total. The number of nitrogens with one attached hydrogen (secondary N) is 1. The number of aryl methyl sites for hydroxylation is 1. The summed E-state index contributed by atoms with van der Waals surface area (Å²) in [5.41, 5.74) is 1.68. The first-order chi connectivity index (χ1) is 7.15. The van der Waals surface area contributed by atoms with Gasteiger partial charge in [0.25, 0.3) is 5.91 Å². The molecule has 0 aliphatic rings. The van der Waals surface area contributed by atoms with Crippen LogP contribution in [0.3, 0.4) is 0 Å². The van der Waals surface area contributed by atoms with Crippen LogP contribution in [0.1, 0.15) is 22.3 Å². The lowest BCUT2D eigenvalue weighted by molar-refractivity contribution is 0.0950. The molecule has 1 rings (SSSR count). The standard InChI is InChI=1S/C11H14BrNO2/c1-8-3-4-10(12)9(7-8)11(15)13-5-2-6-14/h3-4,7,14H,2,5-6H2,1H3,(H,13,15). The summed E-state index contributed by atoms with van der Waals surface area (Å²) >= 11 is 3.33. The minimum Gasteiger partial charge on any atom is -0.396 e. The van der Waals surface area contributed by atoms with Crippen molar-refractivity contribution in [1.29, 1.82) is 0 Å². The number of amides is 1.